The number of alkyl halides is 1. The summed E-state index contributed by atoms with van der Waals surface area (Å²) in [6, 6.07) is 5.63. The number of ether oxygens (including phenoxy) is 2. The fourth-order valence-electron chi connectivity index (χ4n) is 2.14. The van der Waals surface area contributed by atoms with Crippen LogP contribution in [0.15, 0.2) is 18.2 Å². The largest absolute Gasteiger partial charge is 0.495 e. The number of methoxy groups -OCH3 is 1. The molecule has 0 bridgehead atoms. The van der Waals surface area contributed by atoms with Crippen LogP contribution in [0.5, 0.6) is 5.75 Å². The summed E-state index contributed by atoms with van der Waals surface area (Å²) in [5.41, 5.74) is 0.983. The van der Waals surface area contributed by atoms with E-state index in [0.29, 0.717) is 16.7 Å². The van der Waals surface area contributed by atoms with Gasteiger partial charge in [0.2, 0.25) is 0 Å². The van der Waals surface area contributed by atoms with Crippen molar-refractivity contribution in [3.63, 3.8) is 0 Å². The molecule has 1 saturated heterocycles. The Morgan fingerprint density at radius 1 is 1.47 bits per heavy atom. The Morgan fingerprint density at radius 2 is 2.24 bits per heavy atom. The van der Waals surface area contributed by atoms with Gasteiger partial charge in [-0.05, 0) is 30.0 Å². The van der Waals surface area contributed by atoms with Crippen LogP contribution in [-0.2, 0) is 4.74 Å². The number of benzene rings is 1. The molecule has 0 aliphatic carbocycles. The van der Waals surface area contributed by atoms with Crippen molar-refractivity contribution in [3.05, 3.63) is 28.8 Å². The number of hydrogen-bond donors (Lipinski definition) is 0. The molecule has 1 aliphatic rings. The third kappa shape index (κ3) is 2.70. The maximum atomic E-state index is 6.45. The van der Waals surface area contributed by atoms with Crippen LogP contribution < -0.4 is 4.74 Å². The van der Waals surface area contributed by atoms with Gasteiger partial charge in [0, 0.05) is 6.61 Å². The van der Waals surface area contributed by atoms with Gasteiger partial charge in [-0.25, -0.2) is 0 Å². The Morgan fingerprint density at radius 3 is 2.76 bits per heavy atom. The van der Waals surface area contributed by atoms with Crippen LogP contribution in [0.25, 0.3) is 0 Å². The van der Waals surface area contributed by atoms with Crippen molar-refractivity contribution in [2.24, 2.45) is 5.92 Å². The molecule has 0 amide bonds. The second kappa shape index (κ2) is 5.47. The molecule has 2 nitrogen and oxygen atoms in total. The first-order valence-corrected chi connectivity index (χ1v) is 6.54. The predicted octanol–water partition coefficient (Wildman–Crippen LogP) is 4.05. The second-order valence-electron chi connectivity index (χ2n) is 4.40. The third-order valence-corrected chi connectivity index (χ3v) is 4.02. The van der Waals surface area contributed by atoms with Crippen molar-refractivity contribution in [3.8, 4) is 5.75 Å². The first kappa shape index (κ1) is 13.0. The SMILES string of the molecule is COc1ccc(C(Cl)C2OCCC2C)cc1Cl. The zero-order chi connectivity index (χ0) is 12.4. The highest BCUT2D eigenvalue weighted by molar-refractivity contribution is 6.32. The summed E-state index contributed by atoms with van der Waals surface area (Å²) >= 11 is 12.5. The molecule has 2 rings (SSSR count). The average Bonchev–Trinajstić information content (AvgIpc) is 2.74. The lowest BCUT2D eigenvalue weighted by Crippen LogP contribution is -2.19. The van der Waals surface area contributed by atoms with E-state index in [9.17, 15) is 0 Å². The van der Waals surface area contributed by atoms with Crippen LogP contribution in [0, 0.1) is 5.92 Å². The van der Waals surface area contributed by atoms with E-state index in [0.717, 1.165) is 18.6 Å². The van der Waals surface area contributed by atoms with E-state index >= 15 is 0 Å². The summed E-state index contributed by atoms with van der Waals surface area (Å²) < 4.78 is 10.8. The van der Waals surface area contributed by atoms with Crippen LogP contribution in [0.4, 0.5) is 0 Å². The molecule has 0 aromatic heterocycles. The molecule has 94 valence electrons. The summed E-state index contributed by atoms with van der Waals surface area (Å²) in [7, 11) is 1.60. The molecule has 3 unspecified atom stereocenters. The highest BCUT2D eigenvalue weighted by Crippen LogP contribution is 2.38. The van der Waals surface area contributed by atoms with Gasteiger partial charge in [-0.15, -0.1) is 11.6 Å². The van der Waals surface area contributed by atoms with Crippen LogP contribution in [-0.4, -0.2) is 19.8 Å². The highest BCUT2D eigenvalue weighted by atomic mass is 35.5. The van der Waals surface area contributed by atoms with E-state index in [1.54, 1.807) is 7.11 Å². The van der Waals surface area contributed by atoms with Gasteiger partial charge in [-0.2, -0.15) is 0 Å². The van der Waals surface area contributed by atoms with Gasteiger partial charge in [0.05, 0.1) is 23.6 Å². The van der Waals surface area contributed by atoms with E-state index in [4.69, 9.17) is 32.7 Å². The Labute approximate surface area is 112 Å². The smallest absolute Gasteiger partial charge is 0.137 e. The van der Waals surface area contributed by atoms with E-state index in [1.165, 1.54) is 0 Å². The van der Waals surface area contributed by atoms with Gasteiger partial charge < -0.3 is 9.47 Å². The molecule has 0 spiro atoms. The van der Waals surface area contributed by atoms with E-state index in [-0.39, 0.29) is 11.5 Å². The molecule has 0 N–H and O–H groups in total. The van der Waals surface area contributed by atoms with Crippen LogP contribution in [0.3, 0.4) is 0 Å². The summed E-state index contributed by atoms with van der Waals surface area (Å²) in [6.07, 6.45) is 1.14. The van der Waals surface area contributed by atoms with Crippen molar-refractivity contribution in [1.82, 2.24) is 0 Å². The molecule has 1 aromatic carbocycles. The van der Waals surface area contributed by atoms with Gasteiger partial charge in [0.25, 0.3) is 0 Å². The quantitative estimate of drug-likeness (QED) is 0.775. The molecule has 1 aliphatic heterocycles. The van der Waals surface area contributed by atoms with E-state index in [2.05, 4.69) is 6.92 Å². The highest BCUT2D eigenvalue weighted by Gasteiger charge is 2.32. The van der Waals surface area contributed by atoms with Gasteiger partial charge in [-0.1, -0.05) is 24.6 Å². The fraction of sp³-hybridized carbons (Fsp3) is 0.538. The number of halogens is 2. The Hall–Kier alpha value is -0.440. The van der Waals surface area contributed by atoms with Crippen LogP contribution >= 0.6 is 23.2 Å². The maximum Gasteiger partial charge on any atom is 0.137 e. The first-order chi connectivity index (χ1) is 8.13. The zero-order valence-corrected chi connectivity index (χ0v) is 11.5. The van der Waals surface area contributed by atoms with Gasteiger partial charge >= 0.3 is 0 Å². The summed E-state index contributed by atoms with van der Waals surface area (Å²) in [4.78, 5) is 0. The number of hydrogen-bond acceptors (Lipinski definition) is 2. The topological polar surface area (TPSA) is 18.5 Å². The van der Waals surface area contributed by atoms with Crippen molar-refractivity contribution in [1.29, 1.82) is 0 Å². The molecule has 4 heteroatoms. The van der Waals surface area contributed by atoms with Crippen molar-refractivity contribution in [2.75, 3.05) is 13.7 Å². The molecule has 17 heavy (non-hydrogen) atoms. The molecule has 1 aromatic rings. The molecule has 1 fully saturated rings. The lowest BCUT2D eigenvalue weighted by Gasteiger charge is -2.21. The van der Waals surface area contributed by atoms with Gasteiger partial charge in [0.1, 0.15) is 5.75 Å². The molecular weight excluding hydrogens is 259 g/mol. The van der Waals surface area contributed by atoms with Gasteiger partial charge in [-0.3, -0.25) is 0 Å². The molecule has 1 heterocycles. The second-order valence-corrected chi connectivity index (χ2v) is 5.27. The van der Waals surface area contributed by atoms with Crippen LogP contribution in [0.1, 0.15) is 24.3 Å². The first-order valence-electron chi connectivity index (χ1n) is 5.72. The predicted molar refractivity (Wildman–Crippen MR) is 70.1 cm³/mol. The fourth-order valence-corrected chi connectivity index (χ4v) is 2.86. The summed E-state index contributed by atoms with van der Waals surface area (Å²) in [5, 5.41) is 0.428. The van der Waals surface area contributed by atoms with Gasteiger partial charge in [0.15, 0.2) is 0 Å². The maximum absolute atomic E-state index is 6.45. The standard InChI is InChI=1S/C13H16Cl2O2/c1-8-5-6-17-13(8)12(15)9-3-4-11(16-2)10(14)7-9/h3-4,7-8,12-13H,5-6H2,1-2H3. The average molecular weight is 275 g/mol. The molecule has 0 saturated carbocycles. The zero-order valence-electron chi connectivity index (χ0n) is 9.95. The minimum absolute atomic E-state index is 0.0705. The molecule has 3 atom stereocenters. The minimum atomic E-state index is -0.157. The lowest BCUT2D eigenvalue weighted by atomic mass is 9.97. The third-order valence-electron chi connectivity index (χ3n) is 3.23. The normalized spacial score (nSPS) is 25.9. The van der Waals surface area contributed by atoms with E-state index in [1.807, 2.05) is 18.2 Å². The molecule has 0 radical (unpaired) electrons. The Balaban J connectivity index is 2.19. The van der Waals surface area contributed by atoms with Crippen molar-refractivity contribution in [2.45, 2.75) is 24.8 Å². The monoisotopic (exact) mass is 274 g/mol. The summed E-state index contributed by atoms with van der Waals surface area (Å²) in [5.74, 6) is 1.15. The Kier molecular flexibility index (Phi) is 4.18. The number of rotatable bonds is 3. The van der Waals surface area contributed by atoms with Crippen molar-refractivity contribution >= 4 is 23.2 Å². The Bertz CT molecular complexity index is 395. The van der Waals surface area contributed by atoms with E-state index < -0.39 is 0 Å². The summed E-state index contributed by atoms with van der Waals surface area (Å²) in [6.45, 7) is 2.96. The molecular formula is C13H16Cl2O2. The van der Waals surface area contributed by atoms with Crippen LogP contribution in [0.2, 0.25) is 5.02 Å². The van der Waals surface area contributed by atoms with Crippen molar-refractivity contribution < 1.29 is 9.47 Å². The lowest BCUT2D eigenvalue weighted by molar-refractivity contribution is 0.0903. The minimum Gasteiger partial charge on any atom is -0.495 e.